The first-order valence-corrected chi connectivity index (χ1v) is 10.4. The molecule has 1 N–H and O–H groups in total. The predicted molar refractivity (Wildman–Crippen MR) is 114 cm³/mol. The molecular weight excluding hydrogens is 406 g/mol. The third kappa shape index (κ3) is 3.93. The summed E-state index contributed by atoms with van der Waals surface area (Å²) in [6.07, 6.45) is 0.580. The number of aliphatic hydroxyl groups excluding tert-OH is 1. The Hall–Kier alpha value is -2.84. The smallest absolute Gasteiger partial charge is 0.295 e. The van der Waals surface area contributed by atoms with E-state index in [2.05, 4.69) is 0 Å². The minimum Gasteiger partial charge on any atom is -0.507 e. The van der Waals surface area contributed by atoms with Crippen molar-refractivity contribution in [3.05, 3.63) is 51.2 Å². The molecule has 1 unspecified atom stereocenters. The summed E-state index contributed by atoms with van der Waals surface area (Å²) >= 11 is 1.45. The van der Waals surface area contributed by atoms with E-state index >= 15 is 0 Å². The van der Waals surface area contributed by atoms with Crippen molar-refractivity contribution in [3.8, 4) is 11.5 Å². The number of hydrogen-bond donors (Lipinski definition) is 1. The summed E-state index contributed by atoms with van der Waals surface area (Å²) in [7, 11) is 4.58. The lowest BCUT2D eigenvalue weighted by atomic mass is 9.98. The number of ketones is 1. The molecule has 1 aliphatic heterocycles. The highest BCUT2D eigenvalue weighted by Crippen LogP contribution is 2.44. The van der Waals surface area contributed by atoms with Crippen molar-refractivity contribution in [2.45, 2.75) is 19.4 Å². The number of ether oxygens (including phenoxy) is 3. The number of benzene rings is 1. The van der Waals surface area contributed by atoms with E-state index in [9.17, 15) is 14.7 Å². The molecule has 0 spiro atoms. The third-order valence-electron chi connectivity index (χ3n) is 5.10. The molecule has 7 nitrogen and oxygen atoms in total. The Kier molecular flexibility index (Phi) is 6.79. The molecule has 1 aliphatic rings. The zero-order valence-electron chi connectivity index (χ0n) is 17.4. The molecule has 8 heteroatoms. The number of nitrogens with zero attached hydrogens (tertiary/aromatic N) is 1. The first-order chi connectivity index (χ1) is 14.4. The van der Waals surface area contributed by atoms with Gasteiger partial charge in [-0.1, -0.05) is 0 Å². The number of amides is 1. The van der Waals surface area contributed by atoms with Crippen LogP contribution in [0.4, 0.5) is 0 Å². The summed E-state index contributed by atoms with van der Waals surface area (Å²) in [6, 6.07) is 6.17. The molecule has 1 atom stereocenters. The fraction of sp³-hybridized carbons (Fsp3) is 0.364. The van der Waals surface area contributed by atoms with Gasteiger partial charge in [-0.05, 0) is 42.5 Å². The molecule has 1 aromatic heterocycles. The average molecular weight is 432 g/mol. The number of rotatable bonds is 8. The van der Waals surface area contributed by atoms with Crippen molar-refractivity contribution in [1.82, 2.24) is 4.90 Å². The molecule has 2 heterocycles. The Morgan fingerprint density at radius 2 is 1.93 bits per heavy atom. The van der Waals surface area contributed by atoms with Gasteiger partial charge in [0.05, 0.1) is 31.4 Å². The zero-order chi connectivity index (χ0) is 21.8. The number of aliphatic hydroxyl groups is 1. The van der Waals surface area contributed by atoms with Gasteiger partial charge in [-0.3, -0.25) is 9.59 Å². The molecular formula is C22H25NO6S. The van der Waals surface area contributed by atoms with Crippen LogP contribution in [0.1, 0.15) is 28.5 Å². The van der Waals surface area contributed by atoms with Gasteiger partial charge < -0.3 is 24.2 Å². The maximum atomic E-state index is 13.0. The molecule has 1 amide bonds. The number of Topliss-reactive ketones (excluding diaryl/α,β-unsaturated/α-hetero) is 1. The minimum absolute atomic E-state index is 0.0615. The molecule has 160 valence electrons. The van der Waals surface area contributed by atoms with Crippen LogP contribution in [0.25, 0.3) is 5.76 Å². The highest BCUT2D eigenvalue weighted by Gasteiger charge is 2.47. The Labute approximate surface area is 179 Å². The second kappa shape index (κ2) is 9.32. The number of thiophene rings is 1. The summed E-state index contributed by atoms with van der Waals surface area (Å²) in [6.45, 7) is 2.73. The van der Waals surface area contributed by atoms with Gasteiger partial charge >= 0.3 is 0 Å². The summed E-state index contributed by atoms with van der Waals surface area (Å²) in [5.41, 5.74) is 1.34. The Morgan fingerprint density at radius 1 is 1.17 bits per heavy atom. The molecule has 0 aliphatic carbocycles. The van der Waals surface area contributed by atoms with E-state index in [0.29, 0.717) is 36.6 Å². The van der Waals surface area contributed by atoms with Gasteiger partial charge in [0.15, 0.2) is 0 Å². The molecule has 2 aromatic rings. The molecule has 30 heavy (non-hydrogen) atoms. The summed E-state index contributed by atoms with van der Waals surface area (Å²) in [5, 5.41) is 13.1. The van der Waals surface area contributed by atoms with Crippen LogP contribution in [0.3, 0.4) is 0 Å². The van der Waals surface area contributed by atoms with Crippen LogP contribution in [0.15, 0.2) is 35.2 Å². The van der Waals surface area contributed by atoms with Crippen LogP contribution in [-0.2, 0) is 14.3 Å². The standard InChI is InChI=1S/C22H25NO6S/c1-13-8-11-30-21(13)18-17(20(25)22(26)23(18)9-5-10-27-2)19(24)15-7-6-14(28-3)12-16(15)29-4/h6-8,11-12,18,24H,5,9-10H2,1-4H3/b19-17+. The molecule has 1 saturated heterocycles. The largest absolute Gasteiger partial charge is 0.507 e. The number of likely N-dealkylation sites (tertiary alicyclic amines) is 1. The van der Waals surface area contributed by atoms with Gasteiger partial charge in [0.2, 0.25) is 0 Å². The predicted octanol–water partition coefficient (Wildman–Crippen LogP) is 3.53. The van der Waals surface area contributed by atoms with Crippen molar-refractivity contribution in [1.29, 1.82) is 0 Å². The number of hydrogen-bond acceptors (Lipinski definition) is 7. The van der Waals surface area contributed by atoms with Crippen LogP contribution in [-0.4, -0.2) is 56.2 Å². The van der Waals surface area contributed by atoms with Crippen LogP contribution < -0.4 is 9.47 Å². The SMILES string of the molecule is COCCCN1C(=O)C(=O)/C(=C(/O)c2ccc(OC)cc2OC)C1c1sccc1C. The first-order valence-electron chi connectivity index (χ1n) is 9.48. The van der Waals surface area contributed by atoms with Gasteiger partial charge in [-0.25, -0.2) is 0 Å². The van der Waals surface area contributed by atoms with E-state index in [1.165, 1.54) is 30.5 Å². The lowest BCUT2D eigenvalue weighted by Gasteiger charge is -2.25. The van der Waals surface area contributed by atoms with Gasteiger partial charge in [0.25, 0.3) is 11.7 Å². The van der Waals surface area contributed by atoms with E-state index < -0.39 is 17.7 Å². The van der Waals surface area contributed by atoms with Crippen LogP contribution in [0, 0.1) is 6.92 Å². The summed E-state index contributed by atoms with van der Waals surface area (Å²) in [4.78, 5) is 28.2. The van der Waals surface area contributed by atoms with E-state index in [1.54, 1.807) is 25.3 Å². The number of carbonyl (C=O) groups excluding carboxylic acids is 2. The lowest BCUT2D eigenvalue weighted by molar-refractivity contribution is -0.140. The van der Waals surface area contributed by atoms with Crippen molar-refractivity contribution < 1.29 is 28.9 Å². The fourth-order valence-corrected chi connectivity index (χ4v) is 4.61. The fourth-order valence-electron chi connectivity index (χ4n) is 3.57. The van der Waals surface area contributed by atoms with E-state index in [0.717, 1.165) is 10.4 Å². The quantitative estimate of drug-likeness (QED) is 0.298. The van der Waals surface area contributed by atoms with Crippen molar-refractivity contribution in [3.63, 3.8) is 0 Å². The number of methoxy groups -OCH3 is 3. The summed E-state index contributed by atoms with van der Waals surface area (Å²) < 4.78 is 15.7. The van der Waals surface area contributed by atoms with E-state index in [1.807, 2.05) is 18.4 Å². The monoisotopic (exact) mass is 431 g/mol. The van der Waals surface area contributed by atoms with E-state index in [-0.39, 0.29) is 11.3 Å². The molecule has 1 aromatic carbocycles. The average Bonchev–Trinajstić information content (AvgIpc) is 3.28. The van der Waals surface area contributed by atoms with Crippen LogP contribution >= 0.6 is 11.3 Å². The maximum Gasteiger partial charge on any atom is 0.295 e. The molecule has 0 bridgehead atoms. The van der Waals surface area contributed by atoms with Crippen LogP contribution in [0.2, 0.25) is 0 Å². The molecule has 0 radical (unpaired) electrons. The van der Waals surface area contributed by atoms with Crippen molar-refractivity contribution >= 4 is 28.8 Å². The molecule has 0 saturated carbocycles. The normalized spacial score (nSPS) is 18.1. The third-order valence-corrected chi connectivity index (χ3v) is 6.17. The van der Waals surface area contributed by atoms with Gasteiger partial charge in [0.1, 0.15) is 17.3 Å². The van der Waals surface area contributed by atoms with Crippen LogP contribution in [0.5, 0.6) is 11.5 Å². The van der Waals surface area contributed by atoms with Gasteiger partial charge in [-0.15, -0.1) is 11.3 Å². The topological polar surface area (TPSA) is 85.3 Å². The van der Waals surface area contributed by atoms with E-state index in [4.69, 9.17) is 14.2 Å². The van der Waals surface area contributed by atoms with Gasteiger partial charge in [-0.2, -0.15) is 0 Å². The Balaban J connectivity index is 2.16. The minimum atomic E-state index is -0.708. The molecule has 1 fully saturated rings. The zero-order valence-corrected chi connectivity index (χ0v) is 18.2. The van der Waals surface area contributed by atoms with Crippen molar-refractivity contribution in [2.24, 2.45) is 0 Å². The molecule has 3 rings (SSSR count). The maximum absolute atomic E-state index is 13.0. The number of aryl methyl sites for hydroxylation is 1. The number of carbonyl (C=O) groups is 2. The second-order valence-corrected chi connectivity index (χ2v) is 7.82. The highest BCUT2D eigenvalue weighted by molar-refractivity contribution is 7.10. The summed E-state index contributed by atoms with van der Waals surface area (Å²) in [5.74, 6) is -0.702. The Morgan fingerprint density at radius 3 is 2.53 bits per heavy atom. The lowest BCUT2D eigenvalue weighted by Crippen LogP contribution is -2.31. The van der Waals surface area contributed by atoms with Crippen molar-refractivity contribution in [2.75, 3.05) is 34.5 Å². The first kappa shape index (κ1) is 21.9. The second-order valence-electron chi connectivity index (χ2n) is 6.87. The van der Waals surface area contributed by atoms with Gasteiger partial charge in [0, 0.05) is 31.2 Å². The Bertz CT molecular complexity index is 980. The highest BCUT2D eigenvalue weighted by atomic mass is 32.1.